The summed E-state index contributed by atoms with van der Waals surface area (Å²) in [5.74, 6) is -1.07. The van der Waals surface area contributed by atoms with Crippen molar-refractivity contribution in [1.29, 1.82) is 0 Å². The Labute approximate surface area is 448 Å². The molecule has 76 heavy (non-hydrogen) atoms. The average Bonchev–Trinajstić information content (AvgIpc) is 4.15. The minimum Gasteiger partial charge on any atom is -0.391 e. The molecule has 20 heteroatoms. The number of nitrogens with zero attached hydrogens (tertiary/aromatic N) is 8. The second-order valence-electron chi connectivity index (χ2n) is 21.0. The number of β-amino-alcohol motifs (C(OH)–C–C–N with tert-alkyl or cyclic N) is 1. The molecule has 406 valence electrons. The molecule has 6 N–H and O–H groups in total. The SMILES string of the molecule is CCCCCCNC(=O)Nc1cc(-c2cc3cnc(NCCCCc4cn(CCCCC(=O)NC(C(=O)N5C[C@H](O)C[C@H]5C(=O)NC(C)c5ccc(-c6scnc6C)cc5)C(C)(C)C)nn4)nc3nc2C)c(C)cc1F. The van der Waals surface area contributed by atoms with E-state index in [0.29, 0.717) is 55.3 Å². The number of aryl methyl sites for hydroxylation is 5. The number of amides is 5. The van der Waals surface area contributed by atoms with E-state index in [1.807, 2.05) is 90.5 Å². The van der Waals surface area contributed by atoms with Gasteiger partial charge in [0.1, 0.15) is 17.9 Å². The van der Waals surface area contributed by atoms with E-state index in [0.717, 1.165) is 88.9 Å². The fraction of sp³-hybridized carbons (Fsp3) is 0.500. The van der Waals surface area contributed by atoms with Crippen molar-refractivity contribution in [3.63, 3.8) is 0 Å². The van der Waals surface area contributed by atoms with Crippen LogP contribution in [0, 0.1) is 32.0 Å². The van der Waals surface area contributed by atoms with Gasteiger partial charge in [0.15, 0.2) is 5.65 Å². The van der Waals surface area contributed by atoms with Gasteiger partial charge in [0.05, 0.1) is 39.6 Å². The topological polar surface area (TPSA) is 234 Å². The number of fused-ring (bicyclic) bond motifs is 1. The smallest absolute Gasteiger partial charge is 0.319 e. The number of benzene rings is 2. The van der Waals surface area contributed by atoms with Gasteiger partial charge in [-0.15, -0.1) is 16.4 Å². The van der Waals surface area contributed by atoms with Crippen LogP contribution in [-0.4, -0.2) is 107 Å². The van der Waals surface area contributed by atoms with Gasteiger partial charge in [0.2, 0.25) is 23.7 Å². The van der Waals surface area contributed by atoms with Crippen LogP contribution in [0.15, 0.2) is 60.4 Å². The van der Waals surface area contributed by atoms with Gasteiger partial charge in [-0.25, -0.2) is 24.1 Å². The molecule has 0 radical (unpaired) electrons. The Morgan fingerprint density at radius 3 is 2.41 bits per heavy atom. The van der Waals surface area contributed by atoms with E-state index in [1.165, 1.54) is 11.0 Å². The molecule has 4 aromatic heterocycles. The Morgan fingerprint density at radius 2 is 1.67 bits per heavy atom. The molecule has 0 bridgehead atoms. The highest BCUT2D eigenvalue weighted by molar-refractivity contribution is 7.13. The lowest BCUT2D eigenvalue weighted by molar-refractivity contribution is -0.144. The van der Waals surface area contributed by atoms with E-state index in [9.17, 15) is 28.7 Å². The van der Waals surface area contributed by atoms with Crippen LogP contribution in [0.2, 0.25) is 0 Å². The Balaban J connectivity index is 0.821. The van der Waals surface area contributed by atoms with Crippen molar-refractivity contribution >= 4 is 57.8 Å². The number of aromatic nitrogens is 7. The minimum atomic E-state index is -0.908. The van der Waals surface area contributed by atoms with E-state index in [1.54, 1.807) is 28.3 Å². The Kier molecular flexibility index (Phi) is 19.6. The molecule has 1 aliphatic rings. The first-order chi connectivity index (χ1) is 36.4. The number of pyridine rings is 1. The molecule has 2 aromatic carbocycles. The summed E-state index contributed by atoms with van der Waals surface area (Å²) in [6.07, 6.45) is 10.8. The molecule has 2 unspecified atom stereocenters. The van der Waals surface area contributed by atoms with Gasteiger partial charge in [0.25, 0.3) is 0 Å². The number of thiazole rings is 1. The molecule has 4 atom stereocenters. The molecule has 7 rings (SSSR count). The molecule has 1 saturated heterocycles. The van der Waals surface area contributed by atoms with Gasteiger partial charge in [-0.1, -0.05) is 76.4 Å². The van der Waals surface area contributed by atoms with Gasteiger partial charge in [-0.3, -0.25) is 19.1 Å². The van der Waals surface area contributed by atoms with Crippen molar-refractivity contribution in [2.45, 2.75) is 157 Å². The highest BCUT2D eigenvalue weighted by atomic mass is 32.1. The first-order valence-corrected chi connectivity index (χ1v) is 27.5. The van der Waals surface area contributed by atoms with Crippen molar-refractivity contribution < 1.29 is 28.7 Å². The zero-order valence-corrected chi connectivity index (χ0v) is 46.0. The van der Waals surface area contributed by atoms with Crippen LogP contribution in [0.5, 0.6) is 0 Å². The molecule has 18 nitrogen and oxygen atoms in total. The number of nitrogens with one attached hydrogen (secondary N) is 5. The number of urea groups is 1. The lowest BCUT2D eigenvalue weighted by atomic mass is 9.85. The maximum atomic E-state index is 15.0. The lowest BCUT2D eigenvalue weighted by Crippen LogP contribution is -2.57. The van der Waals surface area contributed by atoms with E-state index in [-0.39, 0.29) is 42.9 Å². The molecule has 0 spiro atoms. The standard InChI is InChI=1S/C56H74FN13O5S/c1-9-10-11-14-24-59-55(75)64-46-29-43(34(2)26-45(46)57)44-27-40-30-60-54(66-51(40)62-36(44)4)58-23-15-12-17-41-31-69(68-67-41)25-16-13-18-48(72)65-50(56(6,7)8)53(74)70-32-42(71)28-47(70)52(73)63-35(3)38-19-21-39(22-20-38)49-37(5)61-33-76-49/h19-22,26-27,29-31,33,35,42,47,50,71H,9-18,23-25,28,32H2,1-8H3,(H,63,73)(H,65,72)(H2,59,64,75)(H,58,60,62,66)/t35?,42-,47+,50?/m1/s1. The molecule has 5 amide bonds. The highest BCUT2D eigenvalue weighted by Crippen LogP contribution is 2.33. The largest absolute Gasteiger partial charge is 0.391 e. The molecular weight excluding hydrogens is 986 g/mol. The summed E-state index contributed by atoms with van der Waals surface area (Å²) in [5, 5.41) is 34.8. The first-order valence-electron chi connectivity index (χ1n) is 26.6. The van der Waals surface area contributed by atoms with E-state index in [4.69, 9.17) is 4.98 Å². The van der Waals surface area contributed by atoms with Crippen LogP contribution >= 0.6 is 11.3 Å². The van der Waals surface area contributed by atoms with Gasteiger partial charge >= 0.3 is 6.03 Å². The van der Waals surface area contributed by atoms with Crippen LogP contribution < -0.4 is 26.6 Å². The fourth-order valence-electron chi connectivity index (χ4n) is 9.39. The van der Waals surface area contributed by atoms with Gasteiger partial charge in [0, 0.05) is 68.1 Å². The third-order valence-corrected chi connectivity index (χ3v) is 14.7. The molecule has 1 fully saturated rings. The van der Waals surface area contributed by atoms with Gasteiger partial charge in [-0.2, -0.15) is 4.98 Å². The molecule has 5 heterocycles. The number of aliphatic hydroxyl groups excluding tert-OH is 1. The summed E-state index contributed by atoms with van der Waals surface area (Å²) >= 11 is 1.58. The van der Waals surface area contributed by atoms with Crippen LogP contribution in [0.4, 0.5) is 20.8 Å². The van der Waals surface area contributed by atoms with Gasteiger partial charge < -0.3 is 36.6 Å². The number of hydrogen-bond acceptors (Lipinski definition) is 13. The third-order valence-electron chi connectivity index (χ3n) is 13.8. The van der Waals surface area contributed by atoms with E-state index < -0.39 is 41.4 Å². The van der Waals surface area contributed by atoms with Crippen LogP contribution in [0.1, 0.15) is 133 Å². The summed E-state index contributed by atoms with van der Waals surface area (Å²) in [7, 11) is 0. The number of carbonyl (C=O) groups is 4. The number of unbranched alkanes of at least 4 members (excludes halogenated alkanes) is 5. The Hall–Kier alpha value is -6.93. The van der Waals surface area contributed by atoms with Crippen LogP contribution in [0.25, 0.3) is 32.6 Å². The second kappa shape index (κ2) is 26.2. The summed E-state index contributed by atoms with van der Waals surface area (Å²) in [6, 6.07) is 10.4. The number of halogens is 1. The molecule has 0 aliphatic carbocycles. The number of hydrogen-bond donors (Lipinski definition) is 6. The molecule has 0 saturated carbocycles. The van der Waals surface area contributed by atoms with Crippen LogP contribution in [0.3, 0.4) is 0 Å². The number of aliphatic hydroxyl groups is 1. The summed E-state index contributed by atoms with van der Waals surface area (Å²) in [4.78, 5) is 74.5. The molecular formula is C56H74FN13O5S. The summed E-state index contributed by atoms with van der Waals surface area (Å²) in [5.41, 5.74) is 8.53. The van der Waals surface area contributed by atoms with Gasteiger partial charge in [-0.05, 0) is 112 Å². The maximum Gasteiger partial charge on any atom is 0.319 e. The Bertz CT molecular complexity index is 2960. The van der Waals surface area contributed by atoms with Crippen molar-refractivity contribution in [1.82, 2.24) is 55.8 Å². The Morgan fingerprint density at radius 1 is 0.895 bits per heavy atom. The number of anilines is 2. The predicted molar refractivity (Wildman–Crippen MR) is 295 cm³/mol. The number of rotatable bonds is 24. The average molecular weight is 1060 g/mol. The minimum absolute atomic E-state index is 0.0000607. The number of likely N-dealkylation sites (tertiary alicyclic amines) is 1. The molecule has 6 aromatic rings. The number of carbonyl (C=O) groups excluding carboxylic acids is 4. The highest BCUT2D eigenvalue weighted by Gasteiger charge is 2.44. The fourth-order valence-corrected chi connectivity index (χ4v) is 10.2. The van der Waals surface area contributed by atoms with Crippen molar-refractivity contribution in [2.24, 2.45) is 5.41 Å². The molecule has 1 aliphatic heterocycles. The van der Waals surface area contributed by atoms with Crippen molar-refractivity contribution in [3.05, 3.63) is 94.4 Å². The quantitative estimate of drug-likeness (QED) is 0.0312. The van der Waals surface area contributed by atoms with Crippen LogP contribution in [-0.2, 0) is 27.3 Å². The first kappa shape index (κ1) is 56.8. The monoisotopic (exact) mass is 1060 g/mol. The maximum absolute atomic E-state index is 15.0. The zero-order chi connectivity index (χ0) is 54.5. The summed E-state index contributed by atoms with van der Waals surface area (Å²) < 4.78 is 16.8. The lowest BCUT2D eigenvalue weighted by Gasteiger charge is -2.35. The van der Waals surface area contributed by atoms with Crippen molar-refractivity contribution in [3.8, 4) is 21.6 Å². The summed E-state index contributed by atoms with van der Waals surface area (Å²) in [6.45, 7) is 17.1. The van der Waals surface area contributed by atoms with Crippen molar-refractivity contribution in [2.75, 3.05) is 30.3 Å². The predicted octanol–water partition coefficient (Wildman–Crippen LogP) is 9.15. The normalized spacial score (nSPS) is 15.4. The van der Waals surface area contributed by atoms with E-state index in [2.05, 4.69) is 58.8 Å². The van der Waals surface area contributed by atoms with E-state index >= 15 is 0 Å². The zero-order valence-electron chi connectivity index (χ0n) is 45.1. The third kappa shape index (κ3) is 15.1. The second-order valence-corrected chi connectivity index (χ2v) is 21.9.